The number of nitrogens with two attached hydrogens (primary N) is 1. The number of nitrogens with one attached hydrogen (secondary N) is 2. The van der Waals surface area contributed by atoms with Gasteiger partial charge in [0.15, 0.2) is 5.13 Å². The van der Waals surface area contributed by atoms with E-state index in [1.807, 2.05) is 0 Å². The number of thiazole rings is 1. The van der Waals surface area contributed by atoms with Crippen LogP contribution in [0, 0.1) is 0 Å². The Morgan fingerprint density at radius 1 is 1.48 bits per heavy atom. The molecule has 0 radical (unpaired) electrons. The van der Waals surface area contributed by atoms with E-state index in [0.29, 0.717) is 23.1 Å². The third-order valence-electron chi connectivity index (χ3n) is 2.71. The van der Waals surface area contributed by atoms with E-state index in [9.17, 15) is 4.79 Å². The van der Waals surface area contributed by atoms with Crippen LogP contribution in [0.1, 0.15) is 29.4 Å². The first-order chi connectivity index (χ1) is 10.2. The molecule has 0 aliphatic heterocycles. The molecule has 0 fully saturated rings. The molecular weight excluding hydrogens is 290 g/mol. The van der Waals surface area contributed by atoms with Crippen molar-refractivity contribution in [3.8, 4) is 0 Å². The minimum atomic E-state index is -0.187. The zero-order valence-electron chi connectivity index (χ0n) is 11.9. The first-order valence-corrected chi connectivity index (χ1v) is 7.64. The molecule has 0 saturated carbocycles. The Labute approximate surface area is 126 Å². The number of nitrogen functional groups attached to an aromatic ring is 1. The number of amides is 1. The van der Waals surface area contributed by atoms with Crippen LogP contribution in [0.3, 0.4) is 0 Å². The number of aromatic nitrogens is 4. The molecule has 0 aliphatic carbocycles. The number of carbonyl (C=O) groups is 1. The van der Waals surface area contributed by atoms with Gasteiger partial charge in [0.25, 0.3) is 5.91 Å². The highest BCUT2D eigenvalue weighted by Crippen LogP contribution is 2.24. The molecule has 0 unspecified atom stereocenters. The van der Waals surface area contributed by atoms with Gasteiger partial charge < -0.3 is 16.4 Å². The van der Waals surface area contributed by atoms with Gasteiger partial charge in [-0.1, -0.05) is 23.5 Å². The van der Waals surface area contributed by atoms with Crippen LogP contribution in [0.4, 0.5) is 10.9 Å². The quantitative estimate of drug-likeness (QED) is 0.626. The molecule has 2 rings (SSSR count). The number of carbonyl (C=O) groups excluding carboxylic acids is 1. The fourth-order valence-corrected chi connectivity index (χ4v) is 2.50. The molecule has 0 spiro atoms. The Hall–Kier alpha value is -2.16. The molecule has 0 aliphatic rings. The fourth-order valence-electron chi connectivity index (χ4n) is 1.68. The van der Waals surface area contributed by atoms with Crippen molar-refractivity contribution in [1.29, 1.82) is 0 Å². The zero-order chi connectivity index (χ0) is 15.1. The molecule has 0 saturated heterocycles. The highest BCUT2D eigenvalue weighted by Gasteiger charge is 2.15. The fraction of sp³-hybridized carbons (Fsp3) is 0.500. The van der Waals surface area contributed by atoms with Crippen molar-refractivity contribution in [2.24, 2.45) is 0 Å². The van der Waals surface area contributed by atoms with E-state index in [1.165, 1.54) is 11.3 Å². The van der Waals surface area contributed by atoms with Gasteiger partial charge in [0.1, 0.15) is 10.7 Å². The third kappa shape index (κ3) is 4.42. The maximum atomic E-state index is 12.0. The largest absolute Gasteiger partial charge is 0.382 e. The topological polar surface area (TPSA) is 111 Å². The average molecular weight is 309 g/mol. The summed E-state index contributed by atoms with van der Waals surface area (Å²) < 4.78 is 1.72. The predicted molar refractivity (Wildman–Crippen MR) is 82.3 cm³/mol. The molecule has 21 heavy (non-hydrogen) atoms. The molecule has 2 heterocycles. The minimum Gasteiger partial charge on any atom is -0.382 e. The van der Waals surface area contributed by atoms with Gasteiger partial charge in [-0.25, -0.2) is 4.98 Å². The summed E-state index contributed by atoms with van der Waals surface area (Å²) in [4.78, 5) is 16.6. The molecule has 0 bridgehead atoms. The van der Waals surface area contributed by atoms with Gasteiger partial charge in [-0.15, -0.1) is 5.10 Å². The Balaban J connectivity index is 1.78. The Morgan fingerprint density at radius 3 is 3.05 bits per heavy atom. The molecule has 2 aromatic heterocycles. The monoisotopic (exact) mass is 309 g/mol. The highest BCUT2D eigenvalue weighted by atomic mass is 32.1. The standard InChI is InChI=1S/C12H19N7OS/c1-2-4-15-12-17-10(13)9(21-12)11(20)14-5-3-7-19-8-6-16-18-19/h6,8H,2-5,7,13H2,1H3,(H,14,20)(H,15,17). The zero-order valence-corrected chi connectivity index (χ0v) is 12.7. The van der Waals surface area contributed by atoms with E-state index in [-0.39, 0.29) is 11.7 Å². The van der Waals surface area contributed by atoms with E-state index >= 15 is 0 Å². The summed E-state index contributed by atoms with van der Waals surface area (Å²) in [7, 11) is 0. The lowest BCUT2D eigenvalue weighted by molar-refractivity contribution is 0.0957. The van der Waals surface area contributed by atoms with Crippen molar-refractivity contribution >= 4 is 28.2 Å². The Morgan fingerprint density at radius 2 is 2.33 bits per heavy atom. The van der Waals surface area contributed by atoms with Gasteiger partial charge in [0.05, 0.1) is 6.20 Å². The summed E-state index contributed by atoms with van der Waals surface area (Å²) in [5.41, 5.74) is 5.77. The molecule has 0 aromatic carbocycles. The number of hydrogen-bond donors (Lipinski definition) is 3. The number of hydrogen-bond acceptors (Lipinski definition) is 7. The van der Waals surface area contributed by atoms with Crippen molar-refractivity contribution < 1.29 is 4.79 Å². The Bertz CT molecular complexity index is 566. The van der Waals surface area contributed by atoms with Crippen LogP contribution in [-0.2, 0) is 6.54 Å². The third-order valence-corrected chi connectivity index (χ3v) is 3.73. The van der Waals surface area contributed by atoms with Crippen molar-refractivity contribution in [3.05, 3.63) is 17.3 Å². The average Bonchev–Trinajstić information content (AvgIpc) is 3.10. The van der Waals surface area contributed by atoms with Crippen LogP contribution < -0.4 is 16.4 Å². The van der Waals surface area contributed by atoms with Crippen LogP contribution in [0.15, 0.2) is 12.4 Å². The van der Waals surface area contributed by atoms with Crippen LogP contribution in [0.5, 0.6) is 0 Å². The highest BCUT2D eigenvalue weighted by molar-refractivity contribution is 7.18. The van der Waals surface area contributed by atoms with Gasteiger partial charge in [-0.05, 0) is 12.8 Å². The smallest absolute Gasteiger partial charge is 0.265 e. The second-order valence-corrected chi connectivity index (χ2v) is 5.43. The van der Waals surface area contributed by atoms with E-state index in [2.05, 4.69) is 32.9 Å². The second-order valence-electron chi connectivity index (χ2n) is 4.44. The van der Waals surface area contributed by atoms with Crippen molar-refractivity contribution in [2.45, 2.75) is 26.3 Å². The normalized spacial score (nSPS) is 10.5. The van der Waals surface area contributed by atoms with Crippen molar-refractivity contribution in [3.63, 3.8) is 0 Å². The first-order valence-electron chi connectivity index (χ1n) is 6.83. The summed E-state index contributed by atoms with van der Waals surface area (Å²) in [5, 5.41) is 14.2. The second kappa shape index (κ2) is 7.58. The van der Waals surface area contributed by atoms with Crippen LogP contribution in [0.2, 0.25) is 0 Å². The van der Waals surface area contributed by atoms with Crippen molar-refractivity contribution in [1.82, 2.24) is 25.3 Å². The van der Waals surface area contributed by atoms with Gasteiger partial charge in [0.2, 0.25) is 0 Å². The lowest BCUT2D eigenvalue weighted by atomic mass is 10.4. The van der Waals surface area contributed by atoms with E-state index in [1.54, 1.807) is 17.1 Å². The Kier molecular flexibility index (Phi) is 5.50. The molecule has 2 aromatic rings. The minimum absolute atomic E-state index is 0.187. The van der Waals surface area contributed by atoms with Crippen molar-refractivity contribution in [2.75, 3.05) is 24.1 Å². The molecule has 1 amide bonds. The number of rotatable bonds is 8. The summed E-state index contributed by atoms with van der Waals surface area (Å²) in [6.45, 7) is 4.13. The lowest BCUT2D eigenvalue weighted by Gasteiger charge is -2.03. The maximum Gasteiger partial charge on any atom is 0.265 e. The van der Waals surface area contributed by atoms with Gasteiger partial charge in [0, 0.05) is 25.8 Å². The molecule has 4 N–H and O–H groups in total. The van der Waals surface area contributed by atoms with Crippen LogP contribution >= 0.6 is 11.3 Å². The molecule has 114 valence electrons. The van der Waals surface area contributed by atoms with Gasteiger partial charge >= 0.3 is 0 Å². The summed E-state index contributed by atoms with van der Waals surface area (Å²) in [5.74, 6) is 0.0838. The van der Waals surface area contributed by atoms with Crippen LogP contribution in [-0.4, -0.2) is 39.0 Å². The number of nitrogens with zero attached hydrogens (tertiary/aromatic N) is 4. The number of aryl methyl sites for hydroxylation is 1. The number of anilines is 2. The van der Waals surface area contributed by atoms with Gasteiger partial charge in [-0.3, -0.25) is 9.48 Å². The van der Waals surface area contributed by atoms with E-state index in [4.69, 9.17) is 5.73 Å². The summed E-state index contributed by atoms with van der Waals surface area (Å²) >= 11 is 1.28. The summed E-state index contributed by atoms with van der Waals surface area (Å²) in [6.07, 6.45) is 5.17. The SMILES string of the molecule is CCCNc1nc(N)c(C(=O)NCCCn2ccnn2)s1. The lowest BCUT2D eigenvalue weighted by Crippen LogP contribution is -2.25. The maximum absolute atomic E-state index is 12.0. The molecular formula is C12H19N7OS. The van der Waals surface area contributed by atoms with E-state index < -0.39 is 0 Å². The summed E-state index contributed by atoms with van der Waals surface area (Å²) in [6, 6.07) is 0. The van der Waals surface area contributed by atoms with Crippen LogP contribution in [0.25, 0.3) is 0 Å². The van der Waals surface area contributed by atoms with E-state index in [0.717, 1.165) is 19.4 Å². The predicted octanol–water partition coefficient (Wildman–Crippen LogP) is 0.959. The molecule has 9 heteroatoms. The van der Waals surface area contributed by atoms with Gasteiger partial charge in [-0.2, -0.15) is 0 Å². The first kappa shape index (κ1) is 15.2. The molecule has 8 nitrogen and oxygen atoms in total. The molecule has 0 atom stereocenters.